The van der Waals surface area contributed by atoms with Gasteiger partial charge in [0.15, 0.2) is 5.78 Å². The number of benzene rings is 4. The van der Waals surface area contributed by atoms with E-state index >= 15 is 0 Å². The standard InChI is InChI=1S/C34H34N2O4S/c37-32(30-15-9-16-31-33(30)41-34(38)36(31)39)25-35(24-28-13-5-2-6-14-28)22-21-27-17-19-29(20-18-27)40-23-8-7-12-26-10-3-1-4-11-26/h1-6,9-11,13-20,39H,7-8,12,21-25H2. The number of carbonyl (C=O) groups is 1. The summed E-state index contributed by atoms with van der Waals surface area (Å²) in [5.74, 6) is 0.789. The molecule has 5 aromatic rings. The Kier molecular flexibility index (Phi) is 9.62. The Balaban J connectivity index is 1.17. The van der Waals surface area contributed by atoms with E-state index in [1.165, 1.54) is 11.1 Å². The highest BCUT2D eigenvalue weighted by atomic mass is 32.1. The number of hydrogen-bond acceptors (Lipinski definition) is 6. The number of nitrogens with zero attached hydrogens (tertiary/aromatic N) is 2. The molecule has 210 valence electrons. The number of rotatable bonds is 14. The van der Waals surface area contributed by atoms with Crippen LogP contribution in [0.4, 0.5) is 0 Å². The van der Waals surface area contributed by atoms with Crippen molar-refractivity contribution in [1.82, 2.24) is 9.63 Å². The number of Topliss-reactive ketones (excluding diaryl/α,β-unsaturated/α-hetero) is 1. The molecule has 0 unspecified atom stereocenters. The first-order valence-electron chi connectivity index (χ1n) is 14.0. The van der Waals surface area contributed by atoms with Gasteiger partial charge in [0.25, 0.3) is 0 Å². The molecule has 1 aromatic heterocycles. The number of fused-ring (bicyclic) bond motifs is 1. The minimum Gasteiger partial charge on any atom is -0.494 e. The van der Waals surface area contributed by atoms with Gasteiger partial charge in [-0.1, -0.05) is 90.2 Å². The maximum absolute atomic E-state index is 13.4. The van der Waals surface area contributed by atoms with Gasteiger partial charge in [0, 0.05) is 18.7 Å². The number of ketones is 1. The highest BCUT2D eigenvalue weighted by Crippen LogP contribution is 2.22. The summed E-state index contributed by atoms with van der Waals surface area (Å²) in [6, 6.07) is 33.9. The molecule has 5 rings (SSSR count). The maximum Gasteiger partial charge on any atom is 0.340 e. The van der Waals surface area contributed by atoms with Crippen LogP contribution in [0.3, 0.4) is 0 Å². The van der Waals surface area contributed by atoms with E-state index in [2.05, 4.69) is 53.4 Å². The molecule has 41 heavy (non-hydrogen) atoms. The van der Waals surface area contributed by atoms with Crippen molar-refractivity contribution in [1.29, 1.82) is 0 Å². The summed E-state index contributed by atoms with van der Waals surface area (Å²) in [7, 11) is 0. The Morgan fingerprint density at radius 3 is 2.20 bits per heavy atom. The van der Waals surface area contributed by atoms with E-state index in [-0.39, 0.29) is 12.3 Å². The van der Waals surface area contributed by atoms with E-state index in [4.69, 9.17) is 4.74 Å². The molecule has 1 heterocycles. The van der Waals surface area contributed by atoms with Crippen molar-refractivity contribution in [2.75, 3.05) is 19.7 Å². The van der Waals surface area contributed by atoms with Gasteiger partial charge in [-0.05, 0) is 66.6 Å². The lowest BCUT2D eigenvalue weighted by Gasteiger charge is -2.22. The lowest BCUT2D eigenvalue weighted by atomic mass is 10.1. The van der Waals surface area contributed by atoms with E-state index in [0.29, 0.717) is 40.2 Å². The molecule has 0 saturated heterocycles. The second-order valence-electron chi connectivity index (χ2n) is 10.1. The zero-order chi connectivity index (χ0) is 28.4. The smallest absolute Gasteiger partial charge is 0.340 e. The summed E-state index contributed by atoms with van der Waals surface area (Å²) in [5.41, 5.74) is 4.48. The summed E-state index contributed by atoms with van der Waals surface area (Å²) in [6.45, 7) is 2.22. The van der Waals surface area contributed by atoms with Crippen molar-refractivity contribution in [2.24, 2.45) is 0 Å². The lowest BCUT2D eigenvalue weighted by molar-refractivity contribution is 0.0928. The zero-order valence-corrected chi connectivity index (χ0v) is 23.8. The Morgan fingerprint density at radius 1 is 0.780 bits per heavy atom. The molecule has 0 fully saturated rings. The first kappa shape index (κ1) is 28.3. The van der Waals surface area contributed by atoms with Crippen LogP contribution >= 0.6 is 11.3 Å². The second-order valence-corrected chi connectivity index (χ2v) is 11.1. The normalized spacial score (nSPS) is 11.2. The first-order valence-corrected chi connectivity index (χ1v) is 14.8. The van der Waals surface area contributed by atoms with Crippen LogP contribution in [0.5, 0.6) is 5.75 Å². The van der Waals surface area contributed by atoms with Crippen molar-refractivity contribution in [3.05, 3.63) is 135 Å². The predicted octanol–water partition coefficient (Wildman–Crippen LogP) is 6.63. The van der Waals surface area contributed by atoms with Crippen molar-refractivity contribution in [3.8, 4) is 5.75 Å². The average molecular weight is 567 g/mol. The second kappa shape index (κ2) is 13.9. The van der Waals surface area contributed by atoms with Crippen LogP contribution in [-0.2, 0) is 19.4 Å². The number of hydrogen-bond donors (Lipinski definition) is 1. The maximum atomic E-state index is 13.4. The molecular weight excluding hydrogens is 532 g/mol. The summed E-state index contributed by atoms with van der Waals surface area (Å²) < 4.78 is 7.08. The molecule has 0 atom stereocenters. The van der Waals surface area contributed by atoms with Gasteiger partial charge < -0.3 is 9.94 Å². The summed E-state index contributed by atoms with van der Waals surface area (Å²) >= 11 is 0.890. The van der Waals surface area contributed by atoms with E-state index in [1.807, 2.05) is 36.4 Å². The third-order valence-corrected chi connectivity index (χ3v) is 8.09. The monoisotopic (exact) mass is 566 g/mol. The van der Waals surface area contributed by atoms with Gasteiger partial charge in [0.05, 0.1) is 17.9 Å². The topological polar surface area (TPSA) is 71.8 Å². The van der Waals surface area contributed by atoms with Crippen LogP contribution in [0.25, 0.3) is 10.2 Å². The minimum atomic E-state index is -0.499. The van der Waals surface area contributed by atoms with Crippen LogP contribution in [0, 0.1) is 0 Å². The molecule has 1 N–H and O–H groups in total. The molecular formula is C34H34N2O4S. The third kappa shape index (κ3) is 7.72. The lowest BCUT2D eigenvalue weighted by Crippen LogP contribution is -2.31. The van der Waals surface area contributed by atoms with Crippen LogP contribution < -0.4 is 9.61 Å². The van der Waals surface area contributed by atoms with Gasteiger partial charge in [-0.15, -0.1) is 4.73 Å². The highest BCUT2D eigenvalue weighted by Gasteiger charge is 2.19. The summed E-state index contributed by atoms with van der Waals surface area (Å²) in [5, 5.41) is 10.0. The molecule has 0 aliphatic rings. The Hall–Kier alpha value is -4.20. The number of aromatic nitrogens is 1. The fraction of sp³-hybridized carbons (Fsp3) is 0.235. The molecule has 6 nitrogen and oxygen atoms in total. The van der Waals surface area contributed by atoms with Crippen molar-refractivity contribution >= 4 is 27.3 Å². The summed E-state index contributed by atoms with van der Waals surface area (Å²) in [4.78, 5) is 27.1. The van der Waals surface area contributed by atoms with Gasteiger partial charge in [0.2, 0.25) is 0 Å². The average Bonchev–Trinajstić information content (AvgIpc) is 3.30. The molecule has 0 aliphatic carbocycles. The van der Waals surface area contributed by atoms with Gasteiger partial charge >= 0.3 is 4.87 Å². The van der Waals surface area contributed by atoms with Crippen molar-refractivity contribution in [3.63, 3.8) is 0 Å². The SMILES string of the molecule is O=C(CN(CCc1ccc(OCCCCc2ccccc2)cc1)Cc1ccccc1)c1cccc2c1sc(=O)n2O. The molecule has 4 aromatic carbocycles. The first-order chi connectivity index (χ1) is 20.1. The molecule has 0 bridgehead atoms. The predicted molar refractivity (Wildman–Crippen MR) is 164 cm³/mol. The van der Waals surface area contributed by atoms with Crippen LogP contribution in [0.2, 0.25) is 0 Å². The van der Waals surface area contributed by atoms with E-state index in [1.54, 1.807) is 18.2 Å². The Morgan fingerprint density at radius 2 is 1.46 bits per heavy atom. The number of thiazole rings is 1. The van der Waals surface area contributed by atoms with Crippen molar-refractivity contribution < 1.29 is 14.7 Å². The Labute approximate surface area is 244 Å². The van der Waals surface area contributed by atoms with E-state index < -0.39 is 4.87 Å². The number of carbonyl (C=O) groups excluding carboxylic acids is 1. The molecule has 0 radical (unpaired) electrons. The molecule has 0 spiro atoms. The largest absolute Gasteiger partial charge is 0.494 e. The van der Waals surface area contributed by atoms with Crippen molar-refractivity contribution in [2.45, 2.75) is 32.2 Å². The fourth-order valence-corrected chi connectivity index (χ4v) is 5.81. The molecule has 0 aliphatic heterocycles. The zero-order valence-electron chi connectivity index (χ0n) is 22.9. The number of aryl methyl sites for hydroxylation is 1. The van der Waals surface area contributed by atoms with E-state index in [0.717, 1.165) is 48.3 Å². The molecule has 7 heteroatoms. The highest BCUT2D eigenvalue weighted by molar-refractivity contribution is 7.16. The van der Waals surface area contributed by atoms with Gasteiger partial charge in [-0.2, -0.15) is 0 Å². The fourth-order valence-electron chi connectivity index (χ4n) is 4.90. The molecule has 0 saturated carbocycles. The van der Waals surface area contributed by atoms with Crippen LogP contribution in [0.1, 0.15) is 39.9 Å². The summed E-state index contributed by atoms with van der Waals surface area (Å²) in [6.07, 6.45) is 3.95. The van der Waals surface area contributed by atoms with Crippen LogP contribution in [0.15, 0.2) is 108 Å². The third-order valence-electron chi connectivity index (χ3n) is 7.11. The quantitative estimate of drug-likeness (QED) is 0.0928. The minimum absolute atomic E-state index is 0.0793. The van der Waals surface area contributed by atoms with Gasteiger partial charge in [0.1, 0.15) is 11.3 Å². The van der Waals surface area contributed by atoms with Gasteiger partial charge in [-0.3, -0.25) is 14.5 Å². The van der Waals surface area contributed by atoms with Gasteiger partial charge in [-0.25, -0.2) is 0 Å². The van der Waals surface area contributed by atoms with Crippen LogP contribution in [-0.4, -0.2) is 40.3 Å². The van der Waals surface area contributed by atoms with E-state index in [9.17, 15) is 14.8 Å². The molecule has 0 amide bonds. The number of ether oxygens (including phenoxy) is 1. The Bertz CT molecular complexity index is 1610. The number of unbranched alkanes of at least 4 members (excludes halogenated alkanes) is 1.